The van der Waals surface area contributed by atoms with Crippen LogP contribution in [0.15, 0.2) is 328 Å². The molecule has 0 saturated heterocycles. The summed E-state index contributed by atoms with van der Waals surface area (Å²) in [4.78, 5) is 22.0. The molecule has 0 amide bonds. The third-order valence-corrected chi connectivity index (χ3v) is 26.1. The van der Waals surface area contributed by atoms with Crippen molar-refractivity contribution in [3.8, 4) is 61.8 Å². The lowest BCUT2D eigenvalue weighted by Gasteiger charge is -2.11. The number of rotatable bonds is 5. The molecule has 0 aliphatic heterocycles. The van der Waals surface area contributed by atoms with Crippen molar-refractivity contribution in [2.45, 2.75) is 6.42 Å². The van der Waals surface area contributed by atoms with Crippen molar-refractivity contribution in [3.63, 3.8) is 0 Å². The van der Waals surface area contributed by atoms with Crippen LogP contribution in [0.5, 0.6) is 0 Å². The molecule has 23 aromatic rings. The zero-order chi connectivity index (χ0) is 70.4. The molecule has 0 spiro atoms. The maximum atomic E-state index is 6.20. The lowest BCUT2D eigenvalue weighted by molar-refractivity contribution is 1.02. The minimum Gasteiger partial charge on any atom is -0.278 e. The topological polar surface area (TPSA) is 56.5 Å². The molecule has 0 radical (unpaired) electrons. The van der Waals surface area contributed by atoms with Gasteiger partial charge in [-0.1, -0.05) is 255 Å². The highest BCUT2D eigenvalue weighted by atomic mass is 35.5. The van der Waals surface area contributed by atoms with Gasteiger partial charge in [-0.25, -0.2) is 19.9 Å². The molecule has 0 bridgehead atoms. The van der Waals surface area contributed by atoms with E-state index < -0.39 is 0 Å². The van der Waals surface area contributed by atoms with Crippen LogP contribution < -0.4 is 0 Å². The molecule has 1 aliphatic rings. The predicted octanol–water partition coefficient (Wildman–Crippen LogP) is 28.7. The quantitative estimate of drug-likeness (QED) is 0.161. The van der Waals surface area contributed by atoms with Crippen molar-refractivity contribution in [1.82, 2.24) is 24.5 Å². The molecule has 0 fully saturated rings. The molecule has 5 nitrogen and oxygen atoms in total. The normalized spacial score (nSPS) is 12.1. The van der Waals surface area contributed by atoms with Gasteiger partial charge >= 0.3 is 0 Å². The summed E-state index contributed by atoms with van der Waals surface area (Å²) in [7, 11) is 0. The van der Waals surface area contributed by atoms with E-state index in [2.05, 4.69) is 324 Å². The van der Waals surface area contributed by atoms with Gasteiger partial charge in [-0.3, -0.25) is 4.57 Å². The zero-order valence-electron chi connectivity index (χ0n) is 57.1. The van der Waals surface area contributed by atoms with E-state index >= 15 is 0 Å². The van der Waals surface area contributed by atoms with Crippen molar-refractivity contribution in [3.05, 3.63) is 344 Å². The van der Waals surface area contributed by atoms with Gasteiger partial charge in [0.15, 0.2) is 0 Å². The number of halogens is 1. The van der Waals surface area contributed by atoms with Crippen LogP contribution in [0.2, 0.25) is 5.28 Å². The largest absolute Gasteiger partial charge is 0.278 e. The number of aromatic nitrogens is 5. The molecular formula is C97H56ClN5S4. The molecule has 0 atom stereocenters. The summed E-state index contributed by atoms with van der Waals surface area (Å²) in [6, 6.07) is 118. The molecular weight excluding hydrogens is 1400 g/mol. The summed E-state index contributed by atoms with van der Waals surface area (Å²) in [5.41, 5.74) is 16.8. The Balaban J connectivity index is 0.000000111. The summed E-state index contributed by atoms with van der Waals surface area (Å²) in [6.45, 7) is 0. The van der Waals surface area contributed by atoms with Gasteiger partial charge < -0.3 is 0 Å². The van der Waals surface area contributed by atoms with Crippen molar-refractivity contribution < 1.29 is 0 Å². The first kappa shape index (κ1) is 62.1. The van der Waals surface area contributed by atoms with Crippen molar-refractivity contribution in [1.29, 1.82) is 0 Å². The summed E-state index contributed by atoms with van der Waals surface area (Å²) in [5.74, 6) is 0.682. The third-order valence-electron chi connectivity index (χ3n) is 21.5. The lowest BCUT2D eigenvalue weighted by atomic mass is 9.96. The van der Waals surface area contributed by atoms with Gasteiger partial charge in [-0.15, -0.1) is 45.3 Å². The number of nitrogens with zero attached hydrogens (tertiary/aromatic N) is 5. The van der Waals surface area contributed by atoms with Crippen LogP contribution in [0.4, 0.5) is 0 Å². The second-order valence-corrected chi connectivity index (χ2v) is 32.1. The van der Waals surface area contributed by atoms with Crippen LogP contribution in [-0.2, 0) is 6.42 Å². The molecule has 0 unspecified atom stereocenters. The van der Waals surface area contributed by atoms with E-state index in [0.717, 1.165) is 60.4 Å². The van der Waals surface area contributed by atoms with Crippen LogP contribution in [0.25, 0.3) is 208 Å². The minimum atomic E-state index is 0.289. The molecule has 24 rings (SSSR count). The highest BCUT2D eigenvalue weighted by molar-refractivity contribution is 7.27. The van der Waals surface area contributed by atoms with Crippen molar-refractivity contribution in [2.75, 3.05) is 0 Å². The highest BCUT2D eigenvalue weighted by Gasteiger charge is 2.26. The molecule has 1 aliphatic carbocycles. The fourth-order valence-electron chi connectivity index (χ4n) is 16.7. The first-order chi connectivity index (χ1) is 52.9. The Morgan fingerprint density at radius 1 is 0.252 bits per heavy atom. The van der Waals surface area contributed by atoms with E-state index in [9.17, 15) is 0 Å². The van der Waals surface area contributed by atoms with E-state index in [1.165, 1.54) is 159 Å². The molecule has 10 heteroatoms. The Hall–Kier alpha value is -12.3. The van der Waals surface area contributed by atoms with E-state index in [4.69, 9.17) is 21.6 Å². The van der Waals surface area contributed by atoms with E-state index in [1.54, 1.807) is 22.7 Å². The van der Waals surface area contributed by atoms with Gasteiger partial charge in [-0.05, 0) is 178 Å². The molecule has 16 aromatic carbocycles. The van der Waals surface area contributed by atoms with Gasteiger partial charge in [0.1, 0.15) is 9.66 Å². The third kappa shape index (κ3) is 10.2. The smallest absolute Gasteiger partial charge is 0.236 e. The first-order valence-electron chi connectivity index (χ1n) is 35.9. The lowest BCUT2D eigenvalue weighted by Crippen LogP contribution is -2.02. The van der Waals surface area contributed by atoms with Gasteiger partial charge in [0.25, 0.3) is 0 Å². The Bertz CT molecular complexity index is 7610. The van der Waals surface area contributed by atoms with Crippen LogP contribution in [0.3, 0.4) is 0 Å². The van der Waals surface area contributed by atoms with Crippen molar-refractivity contribution >= 4 is 203 Å². The van der Waals surface area contributed by atoms with Gasteiger partial charge in [-0.2, -0.15) is 0 Å². The number of thiophene rings is 4. The van der Waals surface area contributed by atoms with Gasteiger partial charge in [0.05, 0.1) is 22.4 Å². The molecule has 0 saturated carbocycles. The number of fused-ring (bicyclic) bond motifs is 26. The predicted molar refractivity (Wildman–Crippen MR) is 461 cm³/mol. The number of hydrogen-bond donors (Lipinski definition) is 0. The average Bonchev–Trinajstić information content (AvgIpc) is 1.62. The summed E-state index contributed by atoms with van der Waals surface area (Å²) in [6.07, 6.45) is 1.03. The minimum absolute atomic E-state index is 0.289. The summed E-state index contributed by atoms with van der Waals surface area (Å²) < 4.78 is 10.1. The molecule has 107 heavy (non-hydrogen) atoms. The monoisotopic (exact) mass is 1450 g/mol. The first-order valence-corrected chi connectivity index (χ1v) is 39.5. The molecule has 7 aromatic heterocycles. The summed E-state index contributed by atoms with van der Waals surface area (Å²) >= 11 is 13.4. The van der Waals surface area contributed by atoms with Crippen LogP contribution in [-0.4, -0.2) is 24.5 Å². The van der Waals surface area contributed by atoms with E-state index in [1.807, 2.05) is 40.9 Å². The number of benzene rings is 16. The summed E-state index contributed by atoms with van der Waals surface area (Å²) in [5, 5.41) is 22.8. The standard InChI is InChI=1S/C48H27N3S2.C29H18S.C20H11ClN2S/c1-3-11-28(12-4-1)31-19-22-38-36(25-31)37-27-35-32(21-24-41-43(35)34-17-9-10-18-40(34)52-41)26-39(37)51(38)48-49-46(30-14-5-2-6-15-30)45-44-33-16-8-7-13-29(33)20-23-42(44)53-47(45)50-48;1-2-6-18(7-3-1)19-10-11-20-14-22-15-21-12-13-28-29(23-8-4-5-9-27(23)30-28)26(21)17-25(22)24(20)16-19;21-20-22-18(13-7-2-1-3-8-13)17-16-14-9-5-4-6-12(14)10-11-15(16)24-19(17)23-20/h1-27H;1-13,15-17H,14H2;1-11H. The van der Waals surface area contributed by atoms with E-state index in [0.29, 0.717) is 5.95 Å². The Kier molecular flexibility index (Phi) is 14.5. The SMILES string of the molecule is Clc1nc(-c2ccccc2)c2c(n1)sc1ccc3ccccc3c12.c1ccc(-c2ccc3c(c2)-c2cc4c(ccc5sc6ccccc6c54)cc2C3)cc1.c1ccc(-c2ccc3c(c2)c2cc4c(ccc5sc6ccccc6c54)cc2n3-c2nc(-c3ccccc3)c3c(n2)sc2ccc4ccccc4c23)cc1. The van der Waals surface area contributed by atoms with E-state index in [-0.39, 0.29) is 5.28 Å². The average molecular weight is 1460 g/mol. The second kappa shape index (κ2) is 24.9. The Morgan fingerprint density at radius 3 is 1.29 bits per heavy atom. The molecule has 0 N–H and O–H groups in total. The maximum Gasteiger partial charge on any atom is 0.236 e. The maximum absolute atomic E-state index is 6.20. The van der Waals surface area contributed by atoms with Crippen LogP contribution in [0, 0.1) is 0 Å². The number of hydrogen-bond acceptors (Lipinski definition) is 8. The Labute approximate surface area is 634 Å². The van der Waals surface area contributed by atoms with Gasteiger partial charge in [0.2, 0.25) is 11.2 Å². The molecule has 7 heterocycles. The highest BCUT2D eigenvalue weighted by Crippen LogP contribution is 2.49. The van der Waals surface area contributed by atoms with Crippen molar-refractivity contribution in [2.24, 2.45) is 0 Å². The van der Waals surface area contributed by atoms with Gasteiger partial charge in [0, 0.05) is 93.2 Å². The zero-order valence-corrected chi connectivity index (χ0v) is 61.2. The van der Waals surface area contributed by atoms with Crippen LogP contribution in [0.1, 0.15) is 11.1 Å². The molecule has 500 valence electrons. The second-order valence-electron chi connectivity index (χ2n) is 27.6. The fourth-order valence-corrected chi connectivity index (χ4v) is 21.3. The Morgan fingerprint density at radius 2 is 0.701 bits per heavy atom. The van der Waals surface area contributed by atoms with Crippen LogP contribution >= 0.6 is 56.9 Å². The fraction of sp³-hybridized carbons (Fsp3) is 0.0103.